The minimum atomic E-state index is 0.698. The Labute approximate surface area is 98.0 Å². The first-order valence-electron chi connectivity index (χ1n) is 5.42. The Morgan fingerprint density at radius 2 is 2.33 bits per heavy atom. The van der Waals surface area contributed by atoms with Crippen LogP contribution in [-0.2, 0) is 0 Å². The van der Waals surface area contributed by atoms with Gasteiger partial charge in [0.05, 0.1) is 11.9 Å². The lowest BCUT2D eigenvalue weighted by Crippen LogP contribution is -2.30. The maximum atomic E-state index is 4.21. The van der Waals surface area contributed by atoms with E-state index in [0.29, 0.717) is 6.04 Å². The van der Waals surface area contributed by atoms with Crippen molar-refractivity contribution >= 4 is 21.6 Å². The number of anilines is 1. The van der Waals surface area contributed by atoms with Crippen LogP contribution >= 0.6 is 15.9 Å². The van der Waals surface area contributed by atoms with Crippen LogP contribution in [0.15, 0.2) is 22.9 Å². The molecule has 15 heavy (non-hydrogen) atoms. The summed E-state index contributed by atoms with van der Waals surface area (Å²) in [4.78, 5) is 6.64. The molecule has 2 atom stereocenters. The molecule has 2 saturated heterocycles. The number of hydrogen-bond donors (Lipinski definition) is 1. The molecule has 1 aromatic heterocycles. The monoisotopic (exact) mass is 267 g/mol. The van der Waals surface area contributed by atoms with E-state index in [-0.39, 0.29) is 0 Å². The topological polar surface area (TPSA) is 28.2 Å². The lowest BCUT2D eigenvalue weighted by molar-refractivity contribution is 0.556. The summed E-state index contributed by atoms with van der Waals surface area (Å²) in [6, 6.07) is 2.85. The van der Waals surface area contributed by atoms with Gasteiger partial charge in [-0.05, 0) is 40.9 Å². The molecule has 0 spiro atoms. The second-order valence-corrected chi connectivity index (χ2v) is 5.29. The zero-order valence-corrected chi connectivity index (χ0v) is 10.1. The molecule has 3 heterocycles. The first-order chi connectivity index (χ1) is 7.33. The second-order valence-electron chi connectivity index (χ2n) is 4.38. The van der Waals surface area contributed by atoms with Gasteiger partial charge in [0.15, 0.2) is 0 Å². The molecule has 0 bridgehead atoms. The van der Waals surface area contributed by atoms with Crippen molar-refractivity contribution in [2.24, 2.45) is 5.92 Å². The molecular weight excluding hydrogens is 254 g/mol. The van der Waals surface area contributed by atoms with Crippen LogP contribution < -0.4 is 10.2 Å². The van der Waals surface area contributed by atoms with Crippen molar-refractivity contribution in [3.63, 3.8) is 0 Å². The average Bonchev–Trinajstić information content (AvgIpc) is 2.76. The molecule has 0 saturated carbocycles. The second kappa shape index (κ2) is 3.76. The van der Waals surface area contributed by atoms with Gasteiger partial charge in [0.25, 0.3) is 0 Å². The minimum absolute atomic E-state index is 0.698. The summed E-state index contributed by atoms with van der Waals surface area (Å²) in [7, 11) is 0. The van der Waals surface area contributed by atoms with Crippen LogP contribution in [0.3, 0.4) is 0 Å². The van der Waals surface area contributed by atoms with Crippen LogP contribution in [-0.4, -0.2) is 30.7 Å². The van der Waals surface area contributed by atoms with Gasteiger partial charge in [0.1, 0.15) is 0 Å². The van der Waals surface area contributed by atoms with E-state index in [1.807, 2.05) is 12.4 Å². The van der Waals surface area contributed by atoms with E-state index in [0.717, 1.165) is 16.9 Å². The maximum Gasteiger partial charge on any atom is 0.0564 e. The Hall–Kier alpha value is -0.610. The lowest BCUT2D eigenvalue weighted by atomic mass is 10.1. The number of halogens is 1. The van der Waals surface area contributed by atoms with Crippen molar-refractivity contribution in [3.05, 3.63) is 22.9 Å². The largest absolute Gasteiger partial charge is 0.368 e. The molecule has 0 amide bonds. The van der Waals surface area contributed by atoms with Crippen LogP contribution in [0.5, 0.6) is 0 Å². The molecule has 0 aromatic carbocycles. The Morgan fingerprint density at radius 3 is 3.13 bits per heavy atom. The molecule has 4 heteroatoms. The summed E-state index contributed by atoms with van der Waals surface area (Å²) < 4.78 is 1.06. The van der Waals surface area contributed by atoms with Gasteiger partial charge in [-0.2, -0.15) is 0 Å². The highest BCUT2D eigenvalue weighted by Gasteiger charge is 2.35. The van der Waals surface area contributed by atoms with Gasteiger partial charge in [-0.3, -0.25) is 4.98 Å². The highest BCUT2D eigenvalue weighted by Crippen LogP contribution is 2.29. The van der Waals surface area contributed by atoms with Crippen LogP contribution in [0.4, 0.5) is 5.69 Å². The van der Waals surface area contributed by atoms with E-state index in [4.69, 9.17) is 0 Å². The Balaban J connectivity index is 1.79. The third-order valence-electron chi connectivity index (χ3n) is 3.42. The first-order valence-corrected chi connectivity index (χ1v) is 6.21. The number of rotatable bonds is 1. The van der Waals surface area contributed by atoms with Crippen molar-refractivity contribution in [3.8, 4) is 0 Å². The minimum Gasteiger partial charge on any atom is -0.368 e. The first kappa shape index (κ1) is 9.60. The smallest absolute Gasteiger partial charge is 0.0564 e. The molecule has 1 N–H and O–H groups in total. The molecule has 0 unspecified atom stereocenters. The Morgan fingerprint density at radius 1 is 1.40 bits per heavy atom. The third-order valence-corrected chi connectivity index (χ3v) is 3.85. The molecule has 3 rings (SSSR count). The predicted molar refractivity (Wildman–Crippen MR) is 64.0 cm³/mol. The normalized spacial score (nSPS) is 29.5. The molecule has 2 fully saturated rings. The van der Waals surface area contributed by atoms with E-state index in [1.54, 1.807) is 0 Å². The number of nitrogens with zero attached hydrogens (tertiary/aromatic N) is 2. The summed E-state index contributed by atoms with van der Waals surface area (Å²) in [6.07, 6.45) is 5.10. The van der Waals surface area contributed by atoms with E-state index in [1.165, 1.54) is 25.2 Å². The predicted octanol–water partition coefficient (Wildman–Crippen LogP) is 1.64. The maximum absolute atomic E-state index is 4.21. The number of aromatic nitrogens is 1. The Kier molecular flexibility index (Phi) is 2.41. The molecule has 0 radical (unpaired) electrons. The Bertz CT molecular complexity index is 357. The lowest BCUT2D eigenvalue weighted by Gasteiger charge is -2.19. The van der Waals surface area contributed by atoms with Crippen molar-refractivity contribution in [1.29, 1.82) is 0 Å². The van der Waals surface area contributed by atoms with Crippen molar-refractivity contribution in [2.45, 2.75) is 12.5 Å². The molecule has 80 valence electrons. The van der Waals surface area contributed by atoms with E-state index >= 15 is 0 Å². The van der Waals surface area contributed by atoms with Crippen molar-refractivity contribution in [1.82, 2.24) is 10.3 Å². The van der Waals surface area contributed by atoms with Crippen molar-refractivity contribution in [2.75, 3.05) is 24.5 Å². The van der Waals surface area contributed by atoms with Gasteiger partial charge in [0.2, 0.25) is 0 Å². The fraction of sp³-hybridized carbons (Fsp3) is 0.545. The van der Waals surface area contributed by atoms with Gasteiger partial charge in [-0.25, -0.2) is 0 Å². The van der Waals surface area contributed by atoms with E-state index in [9.17, 15) is 0 Å². The van der Waals surface area contributed by atoms with Crippen LogP contribution in [0, 0.1) is 5.92 Å². The molecule has 3 nitrogen and oxygen atoms in total. The highest BCUT2D eigenvalue weighted by molar-refractivity contribution is 9.10. The van der Waals surface area contributed by atoms with Crippen LogP contribution in [0.1, 0.15) is 6.42 Å². The summed E-state index contributed by atoms with van der Waals surface area (Å²) in [5, 5.41) is 3.56. The molecule has 1 aromatic rings. The zero-order valence-electron chi connectivity index (χ0n) is 8.49. The van der Waals surface area contributed by atoms with Gasteiger partial charge >= 0.3 is 0 Å². The number of hydrogen-bond acceptors (Lipinski definition) is 3. The van der Waals surface area contributed by atoms with Gasteiger partial charge < -0.3 is 10.2 Å². The quantitative estimate of drug-likeness (QED) is 0.839. The van der Waals surface area contributed by atoms with Crippen LogP contribution in [0.2, 0.25) is 0 Å². The fourth-order valence-corrected chi connectivity index (χ4v) is 2.99. The molecule has 2 aliphatic rings. The zero-order chi connectivity index (χ0) is 10.3. The summed E-state index contributed by atoms with van der Waals surface area (Å²) >= 11 is 3.47. The van der Waals surface area contributed by atoms with Crippen LogP contribution in [0.25, 0.3) is 0 Å². The summed E-state index contributed by atoms with van der Waals surface area (Å²) in [6.45, 7) is 3.50. The van der Waals surface area contributed by atoms with E-state index < -0.39 is 0 Å². The SMILES string of the molecule is Brc1cncc(N2C[C@H]3CCN[C@H]3C2)c1. The average molecular weight is 268 g/mol. The fourth-order valence-electron chi connectivity index (χ4n) is 2.63. The molecule has 0 aliphatic carbocycles. The number of pyridine rings is 1. The van der Waals surface area contributed by atoms with Gasteiger partial charge in [-0.1, -0.05) is 0 Å². The van der Waals surface area contributed by atoms with E-state index in [2.05, 4.69) is 37.2 Å². The summed E-state index contributed by atoms with van der Waals surface area (Å²) in [5.74, 6) is 0.837. The number of nitrogens with one attached hydrogen (secondary N) is 1. The molecular formula is C11H14BrN3. The van der Waals surface area contributed by atoms with Gasteiger partial charge in [0, 0.05) is 29.8 Å². The van der Waals surface area contributed by atoms with Gasteiger partial charge in [-0.15, -0.1) is 0 Å². The van der Waals surface area contributed by atoms with Crippen molar-refractivity contribution < 1.29 is 0 Å². The summed E-state index contributed by atoms with van der Waals surface area (Å²) in [5.41, 5.74) is 1.24. The standard InChI is InChI=1S/C11H14BrN3/c12-9-3-10(5-13-4-9)15-6-8-1-2-14-11(8)7-15/h3-5,8,11,14H,1-2,6-7H2/t8-,11+/m1/s1. The highest BCUT2D eigenvalue weighted by atomic mass is 79.9. The third kappa shape index (κ3) is 1.76. The molecule has 2 aliphatic heterocycles. The number of fused-ring (bicyclic) bond motifs is 1.